The van der Waals surface area contributed by atoms with Gasteiger partial charge in [0.1, 0.15) is 0 Å². The van der Waals surface area contributed by atoms with Crippen molar-refractivity contribution >= 4 is 11.6 Å². The Labute approximate surface area is 119 Å². The standard InChI is InChI=1S/C16H19N3O/c1-2-19(12-14-7-9-18-10-8-14)16(20)11-13-3-5-15(17)6-4-13/h3-10H,2,11-12,17H2,1H3. The molecule has 0 saturated heterocycles. The Morgan fingerprint density at radius 2 is 1.75 bits per heavy atom. The molecule has 104 valence electrons. The minimum Gasteiger partial charge on any atom is -0.399 e. The SMILES string of the molecule is CCN(Cc1ccncc1)C(=O)Cc1ccc(N)cc1. The van der Waals surface area contributed by atoms with Crippen LogP contribution in [0.3, 0.4) is 0 Å². The van der Waals surface area contributed by atoms with E-state index in [0.717, 1.165) is 11.1 Å². The molecule has 1 heterocycles. The zero-order valence-electron chi connectivity index (χ0n) is 11.6. The fraction of sp³-hybridized carbons (Fsp3) is 0.250. The van der Waals surface area contributed by atoms with Gasteiger partial charge in [0.15, 0.2) is 0 Å². The maximum Gasteiger partial charge on any atom is 0.227 e. The largest absolute Gasteiger partial charge is 0.399 e. The average molecular weight is 269 g/mol. The molecule has 4 heteroatoms. The highest BCUT2D eigenvalue weighted by atomic mass is 16.2. The van der Waals surface area contributed by atoms with E-state index in [9.17, 15) is 4.79 Å². The molecular weight excluding hydrogens is 250 g/mol. The zero-order chi connectivity index (χ0) is 14.4. The molecule has 0 atom stereocenters. The van der Waals surface area contributed by atoms with Crippen LogP contribution in [-0.2, 0) is 17.8 Å². The number of carbonyl (C=O) groups is 1. The number of benzene rings is 1. The number of anilines is 1. The van der Waals surface area contributed by atoms with Crippen LogP contribution in [-0.4, -0.2) is 22.3 Å². The van der Waals surface area contributed by atoms with Crippen molar-refractivity contribution in [3.05, 3.63) is 59.9 Å². The molecule has 2 N–H and O–H groups in total. The fourth-order valence-corrected chi connectivity index (χ4v) is 2.01. The van der Waals surface area contributed by atoms with Gasteiger partial charge >= 0.3 is 0 Å². The highest BCUT2D eigenvalue weighted by Gasteiger charge is 2.12. The van der Waals surface area contributed by atoms with E-state index in [0.29, 0.717) is 25.2 Å². The average Bonchev–Trinajstić information content (AvgIpc) is 2.48. The van der Waals surface area contributed by atoms with E-state index in [2.05, 4.69) is 4.98 Å². The molecule has 0 aliphatic heterocycles. The number of likely N-dealkylation sites (N-methyl/N-ethyl adjacent to an activating group) is 1. The van der Waals surface area contributed by atoms with Gasteiger partial charge in [0, 0.05) is 31.2 Å². The minimum atomic E-state index is 0.120. The molecule has 4 nitrogen and oxygen atoms in total. The van der Waals surface area contributed by atoms with E-state index in [-0.39, 0.29) is 5.91 Å². The maximum atomic E-state index is 12.3. The van der Waals surface area contributed by atoms with Gasteiger partial charge in [-0.15, -0.1) is 0 Å². The lowest BCUT2D eigenvalue weighted by molar-refractivity contribution is -0.130. The number of nitrogen functional groups attached to an aromatic ring is 1. The van der Waals surface area contributed by atoms with Gasteiger partial charge in [-0.3, -0.25) is 9.78 Å². The molecule has 0 bridgehead atoms. The number of pyridine rings is 1. The van der Waals surface area contributed by atoms with Crippen molar-refractivity contribution < 1.29 is 4.79 Å². The van der Waals surface area contributed by atoms with Gasteiger partial charge in [0.05, 0.1) is 6.42 Å². The number of aromatic nitrogens is 1. The number of hydrogen-bond acceptors (Lipinski definition) is 3. The van der Waals surface area contributed by atoms with Gasteiger partial charge in [0.2, 0.25) is 5.91 Å². The van der Waals surface area contributed by atoms with Crippen LogP contribution >= 0.6 is 0 Å². The van der Waals surface area contributed by atoms with Crippen LogP contribution in [0.5, 0.6) is 0 Å². The molecule has 20 heavy (non-hydrogen) atoms. The van der Waals surface area contributed by atoms with Crippen molar-refractivity contribution in [2.24, 2.45) is 0 Å². The normalized spacial score (nSPS) is 10.2. The van der Waals surface area contributed by atoms with E-state index in [4.69, 9.17) is 5.73 Å². The van der Waals surface area contributed by atoms with Crippen molar-refractivity contribution in [3.8, 4) is 0 Å². The quantitative estimate of drug-likeness (QED) is 0.847. The van der Waals surface area contributed by atoms with E-state index in [1.54, 1.807) is 12.4 Å². The number of rotatable bonds is 5. The molecule has 0 fully saturated rings. The van der Waals surface area contributed by atoms with Crippen LogP contribution < -0.4 is 5.73 Å². The first-order valence-corrected chi connectivity index (χ1v) is 6.70. The summed E-state index contributed by atoms with van der Waals surface area (Å²) in [6.45, 7) is 3.30. The van der Waals surface area contributed by atoms with Crippen LogP contribution in [0.15, 0.2) is 48.8 Å². The second kappa shape index (κ2) is 6.70. The summed E-state index contributed by atoms with van der Waals surface area (Å²) in [5, 5.41) is 0. The third-order valence-corrected chi connectivity index (χ3v) is 3.19. The lowest BCUT2D eigenvalue weighted by Crippen LogP contribution is -2.31. The first-order valence-electron chi connectivity index (χ1n) is 6.70. The highest BCUT2D eigenvalue weighted by Crippen LogP contribution is 2.10. The number of nitrogens with zero attached hydrogens (tertiary/aromatic N) is 2. The summed E-state index contributed by atoms with van der Waals surface area (Å²) < 4.78 is 0. The lowest BCUT2D eigenvalue weighted by Gasteiger charge is -2.21. The first kappa shape index (κ1) is 14.1. The smallest absolute Gasteiger partial charge is 0.227 e. The van der Waals surface area contributed by atoms with Gasteiger partial charge < -0.3 is 10.6 Å². The molecule has 0 unspecified atom stereocenters. The Kier molecular flexibility index (Phi) is 4.71. The summed E-state index contributed by atoms with van der Waals surface area (Å²) >= 11 is 0. The summed E-state index contributed by atoms with van der Waals surface area (Å²) in [4.78, 5) is 18.1. The highest BCUT2D eigenvalue weighted by molar-refractivity contribution is 5.78. The summed E-state index contributed by atoms with van der Waals surface area (Å²) in [6.07, 6.45) is 3.89. The van der Waals surface area contributed by atoms with Crippen LogP contribution in [0.4, 0.5) is 5.69 Å². The molecule has 1 amide bonds. The van der Waals surface area contributed by atoms with Crippen molar-refractivity contribution in [1.82, 2.24) is 9.88 Å². The van der Waals surface area contributed by atoms with E-state index in [1.807, 2.05) is 48.2 Å². The topological polar surface area (TPSA) is 59.2 Å². The number of amides is 1. The molecule has 1 aromatic heterocycles. The molecule has 0 radical (unpaired) electrons. The van der Waals surface area contributed by atoms with Crippen LogP contribution in [0.25, 0.3) is 0 Å². The Bertz CT molecular complexity index is 552. The lowest BCUT2D eigenvalue weighted by atomic mass is 10.1. The predicted octanol–water partition coefficient (Wildman–Crippen LogP) is 2.25. The maximum absolute atomic E-state index is 12.3. The van der Waals surface area contributed by atoms with Gasteiger partial charge in [-0.1, -0.05) is 12.1 Å². The van der Waals surface area contributed by atoms with Gasteiger partial charge in [-0.25, -0.2) is 0 Å². The Hall–Kier alpha value is -2.36. The minimum absolute atomic E-state index is 0.120. The van der Waals surface area contributed by atoms with Crippen molar-refractivity contribution in [1.29, 1.82) is 0 Å². The second-order valence-electron chi connectivity index (χ2n) is 4.68. The van der Waals surface area contributed by atoms with Gasteiger partial charge in [-0.2, -0.15) is 0 Å². The molecule has 0 spiro atoms. The monoisotopic (exact) mass is 269 g/mol. The van der Waals surface area contributed by atoms with E-state index < -0.39 is 0 Å². The number of nitrogens with two attached hydrogens (primary N) is 1. The van der Waals surface area contributed by atoms with Gasteiger partial charge in [-0.05, 0) is 42.3 Å². The molecular formula is C16H19N3O. The first-order chi connectivity index (χ1) is 9.69. The summed E-state index contributed by atoms with van der Waals surface area (Å²) in [7, 11) is 0. The third kappa shape index (κ3) is 3.82. The molecule has 0 aliphatic rings. The van der Waals surface area contributed by atoms with Crippen LogP contribution in [0, 0.1) is 0 Å². The Morgan fingerprint density at radius 3 is 2.35 bits per heavy atom. The molecule has 0 saturated carbocycles. The van der Waals surface area contributed by atoms with Gasteiger partial charge in [0.25, 0.3) is 0 Å². The second-order valence-corrected chi connectivity index (χ2v) is 4.68. The third-order valence-electron chi connectivity index (χ3n) is 3.19. The zero-order valence-corrected chi connectivity index (χ0v) is 11.6. The number of carbonyl (C=O) groups excluding carboxylic acids is 1. The van der Waals surface area contributed by atoms with E-state index >= 15 is 0 Å². The molecule has 2 aromatic rings. The Morgan fingerprint density at radius 1 is 1.10 bits per heavy atom. The van der Waals surface area contributed by atoms with Crippen LogP contribution in [0.1, 0.15) is 18.1 Å². The molecule has 2 rings (SSSR count). The fourth-order valence-electron chi connectivity index (χ4n) is 2.01. The van der Waals surface area contributed by atoms with E-state index in [1.165, 1.54) is 0 Å². The van der Waals surface area contributed by atoms with Crippen molar-refractivity contribution in [2.75, 3.05) is 12.3 Å². The summed E-state index contributed by atoms with van der Waals surface area (Å²) in [5.74, 6) is 0.120. The summed E-state index contributed by atoms with van der Waals surface area (Å²) in [6, 6.07) is 11.3. The van der Waals surface area contributed by atoms with Crippen LogP contribution in [0.2, 0.25) is 0 Å². The predicted molar refractivity (Wildman–Crippen MR) is 79.9 cm³/mol. The molecule has 1 aromatic carbocycles. The molecule has 0 aliphatic carbocycles. The van der Waals surface area contributed by atoms with Crippen molar-refractivity contribution in [3.63, 3.8) is 0 Å². The Balaban J connectivity index is 2.00. The number of hydrogen-bond donors (Lipinski definition) is 1. The summed E-state index contributed by atoms with van der Waals surface area (Å²) in [5.41, 5.74) is 8.43. The van der Waals surface area contributed by atoms with Crippen molar-refractivity contribution in [2.45, 2.75) is 19.9 Å².